The minimum Gasteiger partial charge on any atom is -0.389 e. The highest BCUT2D eigenvalue weighted by Gasteiger charge is 2.40. The summed E-state index contributed by atoms with van der Waals surface area (Å²) in [7, 11) is 0. The van der Waals surface area contributed by atoms with Gasteiger partial charge in [0.15, 0.2) is 5.96 Å². The van der Waals surface area contributed by atoms with Crippen LogP contribution >= 0.6 is 17.0 Å². The highest BCUT2D eigenvalue weighted by Crippen LogP contribution is 2.47. The molecule has 0 saturated heterocycles. The lowest BCUT2D eigenvalue weighted by Crippen LogP contribution is -2.47. The number of hydrogen-bond acceptors (Lipinski definition) is 4. The molecular formula is C10H20BrN3O. The van der Waals surface area contributed by atoms with Gasteiger partial charge in [0.2, 0.25) is 0 Å². The van der Waals surface area contributed by atoms with E-state index in [0.29, 0.717) is 18.5 Å². The Morgan fingerprint density at radius 3 is 2.80 bits per heavy atom. The topological polar surface area (TPSA) is 56.7 Å². The molecule has 4 nitrogen and oxygen atoms in total. The van der Waals surface area contributed by atoms with Crippen LogP contribution in [-0.4, -0.2) is 36.8 Å². The number of hydrogen-bond donors (Lipinski definition) is 3. The van der Waals surface area contributed by atoms with E-state index < -0.39 is 0 Å². The van der Waals surface area contributed by atoms with E-state index in [1.54, 1.807) is 0 Å². The summed E-state index contributed by atoms with van der Waals surface area (Å²) in [4.78, 5) is 4.22. The van der Waals surface area contributed by atoms with Gasteiger partial charge >= 0.3 is 0 Å². The average Bonchev–Trinajstić information content (AvgIpc) is 2.98. The third-order valence-electron chi connectivity index (χ3n) is 3.30. The van der Waals surface area contributed by atoms with Crippen molar-refractivity contribution in [2.24, 2.45) is 10.4 Å². The Bertz CT molecular complexity index is 241. The van der Waals surface area contributed by atoms with Gasteiger partial charge in [0.1, 0.15) is 0 Å². The van der Waals surface area contributed by atoms with Crippen LogP contribution in [0.1, 0.15) is 26.2 Å². The second kappa shape index (κ2) is 5.16. The third kappa shape index (κ3) is 3.34. The van der Waals surface area contributed by atoms with E-state index in [-0.39, 0.29) is 23.1 Å². The Morgan fingerprint density at radius 1 is 1.60 bits per heavy atom. The van der Waals surface area contributed by atoms with Gasteiger partial charge in [-0.1, -0.05) is 6.92 Å². The molecule has 0 bridgehead atoms. The maximum atomic E-state index is 9.22. The number of guanidine groups is 1. The summed E-state index contributed by atoms with van der Waals surface area (Å²) >= 11 is 0. The minimum absolute atomic E-state index is 0. The Balaban J connectivity index is 0.00000112. The van der Waals surface area contributed by atoms with Crippen LogP contribution in [0.15, 0.2) is 4.99 Å². The van der Waals surface area contributed by atoms with Crippen molar-refractivity contribution in [1.82, 2.24) is 10.6 Å². The Kier molecular flexibility index (Phi) is 4.40. The van der Waals surface area contributed by atoms with Crippen molar-refractivity contribution in [3.63, 3.8) is 0 Å². The predicted molar refractivity (Wildman–Crippen MR) is 66.6 cm³/mol. The first-order chi connectivity index (χ1) is 6.74. The zero-order valence-electron chi connectivity index (χ0n) is 9.12. The summed E-state index contributed by atoms with van der Waals surface area (Å²) in [5.74, 6) is 0.857. The van der Waals surface area contributed by atoms with Crippen molar-refractivity contribution in [3.8, 4) is 0 Å². The molecule has 3 N–H and O–H groups in total. The van der Waals surface area contributed by atoms with Gasteiger partial charge in [0.25, 0.3) is 0 Å². The van der Waals surface area contributed by atoms with E-state index in [2.05, 4.69) is 22.5 Å². The molecule has 0 amide bonds. The van der Waals surface area contributed by atoms with Gasteiger partial charge in [-0.2, -0.15) is 0 Å². The van der Waals surface area contributed by atoms with Crippen molar-refractivity contribution >= 4 is 22.9 Å². The molecule has 15 heavy (non-hydrogen) atoms. The summed E-state index contributed by atoms with van der Waals surface area (Å²) in [6.07, 6.45) is 3.61. The van der Waals surface area contributed by atoms with Crippen LogP contribution in [0.4, 0.5) is 0 Å². The van der Waals surface area contributed by atoms with E-state index in [1.807, 2.05) is 0 Å². The van der Waals surface area contributed by atoms with Crippen LogP contribution in [0.25, 0.3) is 0 Å². The molecule has 2 rings (SSSR count). The number of nitrogens with one attached hydrogen (secondary N) is 2. The molecule has 1 aliphatic carbocycles. The van der Waals surface area contributed by atoms with Crippen LogP contribution < -0.4 is 10.6 Å². The van der Waals surface area contributed by atoms with E-state index >= 15 is 0 Å². The average molecular weight is 278 g/mol. The van der Waals surface area contributed by atoms with Crippen molar-refractivity contribution in [2.75, 3.05) is 19.6 Å². The van der Waals surface area contributed by atoms with Gasteiger partial charge < -0.3 is 15.7 Å². The first-order valence-electron chi connectivity index (χ1n) is 5.44. The van der Waals surface area contributed by atoms with Crippen LogP contribution in [-0.2, 0) is 0 Å². The van der Waals surface area contributed by atoms with E-state index in [9.17, 15) is 5.11 Å². The van der Waals surface area contributed by atoms with E-state index in [1.165, 1.54) is 19.3 Å². The molecule has 1 atom stereocenters. The summed E-state index contributed by atoms with van der Waals surface area (Å²) in [6, 6.07) is 0. The summed E-state index contributed by atoms with van der Waals surface area (Å²) in [5.41, 5.74) is 0.542. The molecule has 1 fully saturated rings. The molecule has 1 saturated carbocycles. The van der Waals surface area contributed by atoms with Crippen LogP contribution in [0, 0.1) is 5.41 Å². The summed E-state index contributed by atoms with van der Waals surface area (Å²) in [5, 5.41) is 15.6. The lowest BCUT2D eigenvalue weighted by Gasteiger charge is -2.22. The smallest absolute Gasteiger partial charge is 0.191 e. The lowest BCUT2D eigenvalue weighted by molar-refractivity contribution is 0.180. The molecule has 1 heterocycles. The maximum Gasteiger partial charge on any atom is 0.191 e. The van der Waals surface area contributed by atoms with Crippen LogP contribution in [0.2, 0.25) is 0 Å². The normalized spacial score (nSPS) is 27.1. The first kappa shape index (κ1) is 12.8. The quantitative estimate of drug-likeness (QED) is 0.711. The fourth-order valence-corrected chi connectivity index (χ4v) is 1.75. The number of aliphatic imine (C=N–C) groups is 1. The van der Waals surface area contributed by atoms with Gasteiger partial charge in [0, 0.05) is 13.1 Å². The van der Waals surface area contributed by atoms with Gasteiger partial charge in [-0.3, -0.25) is 4.99 Å². The van der Waals surface area contributed by atoms with Crippen molar-refractivity contribution in [1.29, 1.82) is 0 Å². The number of aliphatic hydroxyl groups excluding tert-OH is 1. The van der Waals surface area contributed by atoms with Gasteiger partial charge in [-0.25, -0.2) is 0 Å². The zero-order valence-corrected chi connectivity index (χ0v) is 10.8. The molecule has 2 aliphatic rings. The largest absolute Gasteiger partial charge is 0.389 e. The predicted octanol–water partition coefficient (Wildman–Crippen LogP) is 0.664. The second-order valence-electron chi connectivity index (χ2n) is 4.43. The van der Waals surface area contributed by atoms with Gasteiger partial charge in [-0.15, -0.1) is 17.0 Å². The van der Waals surface area contributed by atoms with E-state index in [4.69, 9.17) is 0 Å². The second-order valence-corrected chi connectivity index (χ2v) is 4.43. The molecule has 0 radical (unpaired) electrons. The molecule has 0 aromatic carbocycles. The summed E-state index contributed by atoms with van der Waals surface area (Å²) < 4.78 is 0. The van der Waals surface area contributed by atoms with Crippen molar-refractivity contribution in [3.05, 3.63) is 0 Å². The van der Waals surface area contributed by atoms with Gasteiger partial charge in [-0.05, 0) is 24.7 Å². The van der Waals surface area contributed by atoms with Gasteiger partial charge in [0.05, 0.1) is 12.6 Å². The SMILES string of the molecule is Br.CCC1(CNC2=NCC(O)CN2)CC1. The molecule has 0 aromatic rings. The summed E-state index contributed by atoms with van der Waals surface area (Å²) in [6.45, 7) is 4.40. The minimum atomic E-state index is -0.318. The molecule has 88 valence electrons. The fraction of sp³-hybridized carbons (Fsp3) is 0.900. The first-order valence-corrected chi connectivity index (χ1v) is 5.44. The number of aliphatic hydroxyl groups is 1. The zero-order chi connectivity index (χ0) is 10.0. The van der Waals surface area contributed by atoms with Crippen LogP contribution in [0.5, 0.6) is 0 Å². The van der Waals surface area contributed by atoms with Crippen molar-refractivity contribution < 1.29 is 5.11 Å². The van der Waals surface area contributed by atoms with Crippen LogP contribution in [0.3, 0.4) is 0 Å². The molecule has 5 heteroatoms. The number of halogens is 1. The molecule has 0 aromatic heterocycles. The highest BCUT2D eigenvalue weighted by molar-refractivity contribution is 8.93. The number of nitrogens with zero attached hydrogens (tertiary/aromatic N) is 1. The molecule has 1 unspecified atom stereocenters. The molecular weight excluding hydrogens is 258 g/mol. The maximum absolute atomic E-state index is 9.22. The molecule has 1 aliphatic heterocycles. The lowest BCUT2D eigenvalue weighted by atomic mass is 10.0. The van der Waals surface area contributed by atoms with E-state index in [0.717, 1.165) is 12.5 Å². The standard InChI is InChI=1S/C10H19N3O.BrH/c1-2-10(3-4-10)7-13-9-11-5-8(14)6-12-9;/h8,14H,2-7H2,1H3,(H2,11,12,13);1H. The van der Waals surface area contributed by atoms with Crippen molar-refractivity contribution in [2.45, 2.75) is 32.3 Å². The third-order valence-corrected chi connectivity index (χ3v) is 3.30. The number of rotatable bonds is 3. The Hall–Kier alpha value is -0.290. The highest BCUT2D eigenvalue weighted by atomic mass is 79.9. The Labute approximate surface area is 101 Å². The molecule has 0 spiro atoms. The fourth-order valence-electron chi connectivity index (χ4n) is 1.75. The Morgan fingerprint density at radius 2 is 2.33 bits per heavy atom. The number of β-amino-alcohol motifs (C(OH)–C–C–N with tert-alkyl or cyclic N) is 1. The monoisotopic (exact) mass is 277 g/mol.